The zero-order valence-corrected chi connectivity index (χ0v) is 13.4. The van der Waals surface area contributed by atoms with Crippen LogP contribution in [0.25, 0.3) is 10.8 Å². The van der Waals surface area contributed by atoms with Crippen LogP contribution < -0.4 is 0 Å². The van der Waals surface area contributed by atoms with Crippen molar-refractivity contribution in [2.45, 2.75) is 8.07 Å². The molecule has 0 radical (unpaired) electrons. The molecule has 96 valence electrons. The highest BCUT2D eigenvalue weighted by molar-refractivity contribution is 9.10. The van der Waals surface area contributed by atoms with Gasteiger partial charge in [0.05, 0.1) is 0 Å². The number of fused-ring (bicyclic) bond motifs is 1. The first kappa shape index (κ1) is 14.5. The normalized spacial score (nSPS) is 13.0. The van der Waals surface area contributed by atoms with Crippen LogP contribution in [0.15, 0.2) is 36.4 Å². The molecule has 0 aliphatic carbocycles. The quantitative estimate of drug-likeness (QED) is 0.504. The first-order valence-electron chi connectivity index (χ1n) is 4.86. The van der Waals surface area contributed by atoms with Crippen LogP contribution in [0.4, 0.5) is 8.78 Å². The second-order valence-corrected chi connectivity index (χ2v) is 8.20. The molecule has 0 aromatic heterocycles. The summed E-state index contributed by atoms with van der Waals surface area (Å²) in [5.41, 5.74) is 0.477. The number of rotatable bonds is 2. The van der Waals surface area contributed by atoms with Crippen LogP contribution in [0.3, 0.4) is 0 Å². The van der Waals surface area contributed by atoms with Crippen LogP contribution in [0.2, 0.25) is 0 Å². The van der Waals surface area contributed by atoms with Crippen LogP contribution in [0.1, 0.15) is 11.1 Å². The smallest absolute Gasteiger partial charge is 0.188 e. The highest BCUT2D eigenvalue weighted by Gasteiger charge is 2.27. The van der Waals surface area contributed by atoms with Crippen molar-refractivity contribution in [3.05, 3.63) is 47.5 Å². The van der Waals surface area contributed by atoms with Crippen molar-refractivity contribution in [3.8, 4) is 0 Å². The van der Waals surface area contributed by atoms with Gasteiger partial charge in [-0.05, 0) is 60.3 Å². The van der Waals surface area contributed by atoms with Crippen LogP contribution >= 0.6 is 55.1 Å². The van der Waals surface area contributed by atoms with E-state index in [0.29, 0.717) is 10.9 Å². The van der Waals surface area contributed by atoms with Crippen molar-refractivity contribution in [2.75, 3.05) is 0 Å². The minimum absolute atomic E-state index is 0.114. The topological polar surface area (TPSA) is 0 Å². The molecule has 0 spiro atoms. The molecule has 0 unspecified atom stereocenters. The Balaban J connectivity index is 2.61. The van der Waals surface area contributed by atoms with Gasteiger partial charge in [0.2, 0.25) is 0 Å². The SMILES string of the molecule is FC(F)(Br)c1ccc2ccc(C(Cl)(Cl)Br)cc2c1. The maximum Gasteiger partial charge on any atom is 0.326 e. The summed E-state index contributed by atoms with van der Waals surface area (Å²) in [5, 5.41) is 1.48. The Kier molecular flexibility index (Phi) is 3.94. The molecule has 2 aromatic carbocycles. The van der Waals surface area contributed by atoms with Gasteiger partial charge in [-0.1, -0.05) is 47.5 Å². The van der Waals surface area contributed by atoms with Crippen molar-refractivity contribution in [2.24, 2.45) is 0 Å². The Morgan fingerprint density at radius 2 is 1.33 bits per heavy atom. The van der Waals surface area contributed by atoms with E-state index >= 15 is 0 Å². The van der Waals surface area contributed by atoms with Crippen LogP contribution in [0.5, 0.6) is 0 Å². The highest BCUT2D eigenvalue weighted by atomic mass is 79.9. The summed E-state index contributed by atoms with van der Waals surface area (Å²) in [6.07, 6.45) is 0. The van der Waals surface area contributed by atoms with Crippen molar-refractivity contribution < 1.29 is 8.78 Å². The summed E-state index contributed by atoms with van der Waals surface area (Å²) in [7, 11) is 0. The van der Waals surface area contributed by atoms with Gasteiger partial charge in [-0.15, -0.1) is 0 Å². The van der Waals surface area contributed by atoms with Gasteiger partial charge >= 0.3 is 4.83 Å². The summed E-state index contributed by atoms with van der Waals surface area (Å²) >= 11 is 17.3. The third-order valence-corrected chi connectivity index (χ3v) is 3.85. The lowest BCUT2D eigenvalue weighted by Crippen LogP contribution is -2.02. The molecule has 18 heavy (non-hydrogen) atoms. The minimum atomic E-state index is -3.05. The second-order valence-electron chi connectivity index (χ2n) is 3.77. The number of alkyl halides is 6. The molecule has 6 heteroatoms. The summed E-state index contributed by atoms with van der Waals surface area (Å²) in [4.78, 5) is -3.05. The molecule has 0 fully saturated rings. The van der Waals surface area contributed by atoms with Crippen molar-refractivity contribution >= 4 is 65.8 Å². The Morgan fingerprint density at radius 3 is 1.83 bits per heavy atom. The number of hydrogen-bond donors (Lipinski definition) is 0. The summed E-state index contributed by atoms with van der Waals surface area (Å²) in [5.74, 6) is 0. The van der Waals surface area contributed by atoms with Gasteiger partial charge in [0, 0.05) is 5.56 Å². The number of halogens is 6. The highest BCUT2D eigenvalue weighted by Crippen LogP contribution is 2.42. The molecule has 2 aromatic rings. The molecule has 0 amide bonds. The molecule has 0 saturated heterocycles. The van der Waals surface area contributed by atoms with E-state index in [1.807, 2.05) is 0 Å². The van der Waals surface area contributed by atoms with E-state index < -0.39 is 8.07 Å². The fourth-order valence-electron chi connectivity index (χ4n) is 1.60. The summed E-state index contributed by atoms with van der Waals surface area (Å²) in [6, 6.07) is 9.60. The van der Waals surface area contributed by atoms with Crippen LogP contribution in [-0.4, -0.2) is 0 Å². The van der Waals surface area contributed by atoms with Gasteiger partial charge in [-0.3, -0.25) is 0 Å². The Hall–Kier alpha value is 0.1000. The average Bonchev–Trinajstić information content (AvgIpc) is 2.25. The Labute approximate surface area is 130 Å². The molecule has 0 nitrogen and oxygen atoms in total. The van der Waals surface area contributed by atoms with E-state index in [-0.39, 0.29) is 5.56 Å². The Bertz CT molecular complexity index is 540. The van der Waals surface area contributed by atoms with Gasteiger partial charge in [-0.25, -0.2) is 0 Å². The number of benzene rings is 2. The predicted octanol–water partition coefficient (Wildman–Crippen LogP) is 6.27. The molecule has 0 N–H and O–H groups in total. The van der Waals surface area contributed by atoms with E-state index in [0.717, 1.165) is 5.39 Å². The molecule has 0 aliphatic rings. The first-order valence-corrected chi connectivity index (χ1v) is 7.20. The lowest BCUT2D eigenvalue weighted by atomic mass is 10.0. The predicted molar refractivity (Wildman–Crippen MR) is 79.1 cm³/mol. The van der Waals surface area contributed by atoms with Gasteiger partial charge in [-0.2, -0.15) is 8.78 Å². The van der Waals surface area contributed by atoms with E-state index in [2.05, 4.69) is 31.9 Å². The molecule has 0 heterocycles. The zero-order chi connectivity index (χ0) is 13.6. The van der Waals surface area contributed by atoms with Crippen molar-refractivity contribution in [1.82, 2.24) is 0 Å². The van der Waals surface area contributed by atoms with E-state index in [9.17, 15) is 8.78 Å². The third-order valence-electron chi connectivity index (χ3n) is 2.49. The maximum atomic E-state index is 13.2. The Morgan fingerprint density at radius 1 is 0.833 bits per heavy atom. The van der Waals surface area contributed by atoms with E-state index in [1.165, 1.54) is 12.1 Å². The molecule has 0 atom stereocenters. The monoisotopic (exact) mass is 416 g/mol. The van der Waals surface area contributed by atoms with Crippen LogP contribution in [-0.2, 0) is 8.07 Å². The van der Waals surface area contributed by atoms with Gasteiger partial charge in [0.25, 0.3) is 0 Å². The largest absolute Gasteiger partial charge is 0.326 e. The lowest BCUT2D eigenvalue weighted by Gasteiger charge is -2.14. The lowest BCUT2D eigenvalue weighted by molar-refractivity contribution is 0.115. The van der Waals surface area contributed by atoms with E-state index in [4.69, 9.17) is 23.2 Å². The van der Waals surface area contributed by atoms with Gasteiger partial charge in [0.1, 0.15) is 0 Å². The average molecular weight is 419 g/mol. The van der Waals surface area contributed by atoms with Gasteiger partial charge < -0.3 is 0 Å². The molecule has 2 rings (SSSR count). The second kappa shape index (κ2) is 4.89. The minimum Gasteiger partial charge on any atom is -0.188 e. The zero-order valence-electron chi connectivity index (χ0n) is 8.73. The molecule has 0 aliphatic heterocycles. The molecule has 0 bridgehead atoms. The fourth-order valence-corrected chi connectivity index (χ4v) is 2.33. The summed E-state index contributed by atoms with van der Waals surface area (Å²) in [6.45, 7) is 0. The summed E-state index contributed by atoms with van der Waals surface area (Å²) < 4.78 is 25.1. The maximum absolute atomic E-state index is 13.2. The molecular weight excluding hydrogens is 413 g/mol. The number of hydrogen-bond acceptors (Lipinski definition) is 0. The van der Waals surface area contributed by atoms with E-state index in [1.54, 1.807) is 24.3 Å². The molecular formula is C12H6Br2Cl2F2. The molecule has 0 saturated carbocycles. The standard InChI is InChI=1S/C12H6Br2Cl2F2/c13-11(15,16)9-3-1-7-2-4-10(12(14,17)18)6-8(7)5-9/h1-6H. The fraction of sp³-hybridized carbons (Fsp3) is 0.167. The van der Waals surface area contributed by atoms with Gasteiger partial charge in [0.15, 0.2) is 3.24 Å². The van der Waals surface area contributed by atoms with Crippen molar-refractivity contribution in [1.29, 1.82) is 0 Å². The third kappa shape index (κ3) is 3.16. The van der Waals surface area contributed by atoms with Crippen molar-refractivity contribution in [3.63, 3.8) is 0 Å². The van der Waals surface area contributed by atoms with Crippen LogP contribution in [0, 0.1) is 0 Å². The first-order chi connectivity index (χ1) is 8.18.